The molecule has 1 fully saturated rings. The molecule has 0 unspecified atom stereocenters. The van der Waals surface area contributed by atoms with Crippen molar-refractivity contribution >= 4 is 11.8 Å². The zero-order valence-electron chi connectivity index (χ0n) is 17.7. The standard InChI is InChI=1S/C25H28N4O2/c30-24(8-4-7-21-5-2-1-3-6-21)28-15-17-29(18-16-28)25(31)23-11-9-22(10-12-23)19-27-14-13-26-20-27/h1-3,5-6,9-14,20H,4,7-8,15-19H2. The third-order valence-electron chi connectivity index (χ3n) is 5.74. The van der Waals surface area contributed by atoms with Gasteiger partial charge in [-0.2, -0.15) is 0 Å². The van der Waals surface area contributed by atoms with E-state index in [1.807, 2.05) is 63.0 Å². The van der Waals surface area contributed by atoms with Crippen LogP contribution in [0.15, 0.2) is 73.3 Å². The Morgan fingerprint density at radius 1 is 0.839 bits per heavy atom. The summed E-state index contributed by atoms with van der Waals surface area (Å²) in [5.74, 6) is 0.220. The average Bonchev–Trinajstić information content (AvgIpc) is 3.33. The molecule has 0 aliphatic carbocycles. The van der Waals surface area contributed by atoms with E-state index in [1.54, 1.807) is 12.5 Å². The molecule has 0 spiro atoms. The Kier molecular flexibility index (Phi) is 6.77. The number of hydrogen-bond acceptors (Lipinski definition) is 3. The first-order chi connectivity index (χ1) is 15.2. The van der Waals surface area contributed by atoms with Gasteiger partial charge in [0.1, 0.15) is 0 Å². The lowest BCUT2D eigenvalue weighted by atomic mass is 10.1. The maximum absolute atomic E-state index is 12.8. The Morgan fingerprint density at radius 2 is 1.55 bits per heavy atom. The minimum atomic E-state index is 0.0327. The minimum absolute atomic E-state index is 0.0327. The van der Waals surface area contributed by atoms with Gasteiger partial charge in [0.05, 0.1) is 6.33 Å². The van der Waals surface area contributed by atoms with Crippen molar-refractivity contribution in [3.05, 3.63) is 90.0 Å². The molecule has 4 rings (SSSR count). The monoisotopic (exact) mass is 416 g/mol. The molecule has 6 heteroatoms. The number of piperazine rings is 1. The van der Waals surface area contributed by atoms with E-state index >= 15 is 0 Å². The third kappa shape index (κ3) is 5.60. The zero-order chi connectivity index (χ0) is 21.5. The summed E-state index contributed by atoms with van der Waals surface area (Å²) in [6.45, 7) is 3.11. The Balaban J connectivity index is 1.22. The Hall–Kier alpha value is -3.41. The van der Waals surface area contributed by atoms with Gasteiger partial charge in [-0.3, -0.25) is 9.59 Å². The first kappa shape index (κ1) is 20.8. The Labute approximate surface area is 183 Å². The van der Waals surface area contributed by atoms with Crippen LogP contribution in [0.25, 0.3) is 0 Å². The third-order valence-corrected chi connectivity index (χ3v) is 5.74. The molecule has 2 amide bonds. The largest absolute Gasteiger partial charge is 0.339 e. The van der Waals surface area contributed by atoms with Crippen LogP contribution in [-0.4, -0.2) is 57.3 Å². The highest BCUT2D eigenvalue weighted by molar-refractivity contribution is 5.94. The second kappa shape index (κ2) is 10.1. The SMILES string of the molecule is O=C(CCCc1ccccc1)N1CCN(C(=O)c2ccc(Cn3ccnc3)cc2)CC1. The summed E-state index contributed by atoms with van der Waals surface area (Å²) in [5.41, 5.74) is 3.08. The van der Waals surface area contributed by atoms with Crippen molar-refractivity contribution < 1.29 is 9.59 Å². The molecule has 2 heterocycles. The van der Waals surface area contributed by atoms with E-state index in [4.69, 9.17) is 0 Å². The van der Waals surface area contributed by atoms with Gasteiger partial charge in [-0.05, 0) is 36.1 Å². The van der Waals surface area contributed by atoms with Crippen molar-refractivity contribution in [2.24, 2.45) is 0 Å². The van der Waals surface area contributed by atoms with E-state index in [9.17, 15) is 9.59 Å². The quantitative estimate of drug-likeness (QED) is 0.594. The molecule has 31 heavy (non-hydrogen) atoms. The van der Waals surface area contributed by atoms with Gasteiger partial charge in [0.15, 0.2) is 0 Å². The van der Waals surface area contributed by atoms with Crippen LogP contribution in [-0.2, 0) is 17.8 Å². The number of rotatable bonds is 7. The predicted molar refractivity (Wildman–Crippen MR) is 120 cm³/mol. The molecule has 1 aliphatic rings. The van der Waals surface area contributed by atoms with E-state index in [0.717, 1.165) is 24.9 Å². The molecule has 3 aromatic rings. The lowest BCUT2D eigenvalue weighted by Gasteiger charge is -2.35. The first-order valence-electron chi connectivity index (χ1n) is 10.8. The highest BCUT2D eigenvalue weighted by atomic mass is 16.2. The van der Waals surface area contributed by atoms with E-state index < -0.39 is 0 Å². The number of amides is 2. The summed E-state index contributed by atoms with van der Waals surface area (Å²) in [4.78, 5) is 33.1. The van der Waals surface area contributed by atoms with Crippen LogP contribution < -0.4 is 0 Å². The molecule has 0 atom stereocenters. The molecule has 1 aliphatic heterocycles. The molecule has 0 radical (unpaired) electrons. The summed E-state index contributed by atoms with van der Waals surface area (Å²) >= 11 is 0. The molecule has 0 N–H and O–H groups in total. The summed E-state index contributed by atoms with van der Waals surface area (Å²) in [6, 6.07) is 18.0. The zero-order valence-corrected chi connectivity index (χ0v) is 17.7. The molecule has 0 bridgehead atoms. The number of imidazole rings is 1. The normalized spacial score (nSPS) is 13.9. The summed E-state index contributed by atoms with van der Waals surface area (Å²) in [5, 5.41) is 0. The molecular weight excluding hydrogens is 388 g/mol. The van der Waals surface area contributed by atoms with E-state index in [0.29, 0.717) is 38.2 Å². The smallest absolute Gasteiger partial charge is 0.253 e. The van der Waals surface area contributed by atoms with Crippen molar-refractivity contribution in [1.82, 2.24) is 19.4 Å². The van der Waals surface area contributed by atoms with Crippen LogP contribution in [0, 0.1) is 0 Å². The number of benzene rings is 2. The molecule has 0 saturated carbocycles. The van der Waals surface area contributed by atoms with Crippen molar-refractivity contribution in [2.45, 2.75) is 25.8 Å². The second-order valence-corrected chi connectivity index (χ2v) is 7.94. The van der Waals surface area contributed by atoms with Gasteiger partial charge in [-0.1, -0.05) is 42.5 Å². The Morgan fingerprint density at radius 3 is 2.23 bits per heavy atom. The van der Waals surface area contributed by atoms with Crippen LogP contribution in [0.1, 0.15) is 34.3 Å². The lowest BCUT2D eigenvalue weighted by Crippen LogP contribution is -2.50. The van der Waals surface area contributed by atoms with Crippen molar-refractivity contribution in [3.8, 4) is 0 Å². The van der Waals surface area contributed by atoms with E-state index in [1.165, 1.54) is 5.56 Å². The lowest BCUT2D eigenvalue weighted by molar-refractivity contribution is -0.132. The van der Waals surface area contributed by atoms with Crippen molar-refractivity contribution in [1.29, 1.82) is 0 Å². The van der Waals surface area contributed by atoms with Crippen molar-refractivity contribution in [2.75, 3.05) is 26.2 Å². The van der Waals surface area contributed by atoms with E-state index in [2.05, 4.69) is 17.1 Å². The fourth-order valence-corrected chi connectivity index (χ4v) is 3.93. The molecule has 2 aromatic carbocycles. The number of carbonyl (C=O) groups is 2. The summed E-state index contributed by atoms with van der Waals surface area (Å²) in [7, 11) is 0. The van der Waals surface area contributed by atoms with Gasteiger partial charge in [0.25, 0.3) is 5.91 Å². The van der Waals surface area contributed by atoms with Gasteiger partial charge >= 0.3 is 0 Å². The topological polar surface area (TPSA) is 58.4 Å². The van der Waals surface area contributed by atoms with Crippen molar-refractivity contribution in [3.63, 3.8) is 0 Å². The van der Waals surface area contributed by atoms with Gasteiger partial charge in [0.2, 0.25) is 5.91 Å². The molecule has 1 aromatic heterocycles. The fraction of sp³-hybridized carbons (Fsp3) is 0.320. The predicted octanol–water partition coefficient (Wildman–Crippen LogP) is 3.24. The maximum atomic E-state index is 12.8. The van der Waals surface area contributed by atoms with Crippen LogP contribution in [0.5, 0.6) is 0 Å². The fourth-order valence-electron chi connectivity index (χ4n) is 3.93. The summed E-state index contributed by atoms with van der Waals surface area (Å²) in [6.07, 6.45) is 7.78. The molecule has 1 saturated heterocycles. The number of aromatic nitrogens is 2. The number of aryl methyl sites for hydroxylation is 1. The van der Waals surface area contributed by atoms with Crippen LogP contribution in [0.4, 0.5) is 0 Å². The second-order valence-electron chi connectivity index (χ2n) is 7.94. The van der Waals surface area contributed by atoms with Gasteiger partial charge in [0, 0.05) is 57.1 Å². The van der Waals surface area contributed by atoms with Crippen LogP contribution >= 0.6 is 0 Å². The first-order valence-corrected chi connectivity index (χ1v) is 10.8. The highest BCUT2D eigenvalue weighted by Crippen LogP contribution is 2.13. The average molecular weight is 417 g/mol. The van der Waals surface area contributed by atoms with Gasteiger partial charge in [-0.25, -0.2) is 4.98 Å². The molecule has 160 valence electrons. The van der Waals surface area contributed by atoms with Gasteiger partial charge in [-0.15, -0.1) is 0 Å². The summed E-state index contributed by atoms with van der Waals surface area (Å²) < 4.78 is 1.99. The minimum Gasteiger partial charge on any atom is -0.339 e. The van der Waals surface area contributed by atoms with Crippen LogP contribution in [0.2, 0.25) is 0 Å². The number of carbonyl (C=O) groups excluding carboxylic acids is 2. The maximum Gasteiger partial charge on any atom is 0.253 e. The molecule has 6 nitrogen and oxygen atoms in total. The number of nitrogens with zero attached hydrogens (tertiary/aromatic N) is 4. The van der Waals surface area contributed by atoms with E-state index in [-0.39, 0.29) is 11.8 Å². The number of hydrogen-bond donors (Lipinski definition) is 0. The molecular formula is C25H28N4O2. The van der Waals surface area contributed by atoms with Crippen LogP contribution in [0.3, 0.4) is 0 Å². The highest BCUT2D eigenvalue weighted by Gasteiger charge is 2.24. The Bertz CT molecular complexity index is 976. The van der Waals surface area contributed by atoms with Gasteiger partial charge < -0.3 is 14.4 Å².